The van der Waals surface area contributed by atoms with Crippen LogP contribution >= 0.6 is 15.9 Å². The van der Waals surface area contributed by atoms with Gasteiger partial charge in [-0.3, -0.25) is 9.69 Å². The largest absolute Gasteiger partial charge is 0.444 e. The standard InChI is InChI=1S/C20H26BrNO3/c1-20(2,3)25-19(24)22-8-4-5-17(22)18(23)11-13-9-14-6-7-16(21)12-15(14)10-13/h6-7,12-13,17H,4-5,8-11H2,1-3H3. The molecular weight excluding hydrogens is 382 g/mol. The van der Waals surface area contributed by atoms with Gasteiger partial charge in [0.25, 0.3) is 0 Å². The summed E-state index contributed by atoms with van der Waals surface area (Å²) in [7, 11) is 0. The Kier molecular flexibility index (Phi) is 5.24. The Morgan fingerprint density at radius 1 is 1.24 bits per heavy atom. The molecule has 0 radical (unpaired) electrons. The summed E-state index contributed by atoms with van der Waals surface area (Å²) in [6.07, 6.45) is 3.70. The molecule has 25 heavy (non-hydrogen) atoms. The highest BCUT2D eigenvalue weighted by Gasteiger charge is 2.37. The first-order valence-corrected chi connectivity index (χ1v) is 9.82. The van der Waals surface area contributed by atoms with Crippen LogP contribution in [0.2, 0.25) is 0 Å². The van der Waals surface area contributed by atoms with Crippen LogP contribution in [0.25, 0.3) is 0 Å². The topological polar surface area (TPSA) is 46.6 Å². The highest BCUT2D eigenvalue weighted by Crippen LogP contribution is 2.32. The number of carbonyl (C=O) groups is 2. The summed E-state index contributed by atoms with van der Waals surface area (Å²) >= 11 is 3.51. The lowest BCUT2D eigenvalue weighted by Crippen LogP contribution is -2.43. The number of hydrogen-bond donors (Lipinski definition) is 0. The summed E-state index contributed by atoms with van der Waals surface area (Å²) in [5, 5.41) is 0. The predicted octanol–water partition coefficient (Wildman–Crippen LogP) is 4.52. The van der Waals surface area contributed by atoms with Gasteiger partial charge in [-0.25, -0.2) is 4.79 Å². The number of halogens is 1. The Bertz CT molecular complexity index is 680. The van der Waals surface area contributed by atoms with E-state index in [1.54, 1.807) is 4.90 Å². The van der Waals surface area contributed by atoms with Gasteiger partial charge in [0.1, 0.15) is 5.60 Å². The van der Waals surface area contributed by atoms with Gasteiger partial charge in [0.2, 0.25) is 0 Å². The first-order chi connectivity index (χ1) is 11.7. The van der Waals surface area contributed by atoms with Crippen LogP contribution in [0.1, 0.15) is 51.2 Å². The number of ketones is 1. The van der Waals surface area contributed by atoms with Crippen molar-refractivity contribution in [2.45, 2.75) is 64.5 Å². The van der Waals surface area contributed by atoms with E-state index < -0.39 is 5.60 Å². The Morgan fingerprint density at radius 2 is 1.96 bits per heavy atom. The molecule has 2 unspecified atom stereocenters. The maximum absolute atomic E-state index is 12.8. The van der Waals surface area contributed by atoms with E-state index in [0.29, 0.717) is 18.9 Å². The third-order valence-electron chi connectivity index (χ3n) is 4.93. The Morgan fingerprint density at radius 3 is 2.68 bits per heavy atom. The van der Waals surface area contributed by atoms with Gasteiger partial charge in [0.05, 0.1) is 6.04 Å². The van der Waals surface area contributed by atoms with Crippen LogP contribution in [0.5, 0.6) is 0 Å². The van der Waals surface area contributed by atoms with Crippen molar-refractivity contribution in [3.8, 4) is 0 Å². The van der Waals surface area contributed by atoms with Gasteiger partial charge >= 0.3 is 6.09 Å². The van der Waals surface area contributed by atoms with Crippen molar-refractivity contribution in [2.75, 3.05) is 6.54 Å². The average Bonchev–Trinajstić information content (AvgIpc) is 3.10. The Hall–Kier alpha value is -1.36. The van der Waals surface area contributed by atoms with E-state index >= 15 is 0 Å². The molecule has 1 amide bonds. The first-order valence-electron chi connectivity index (χ1n) is 9.02. The minimum atomic E-state index is -0.534. The van der Waals surface area contributed by atoms with Crippen molar-refractivity contribution >= 4 is 27.8 Å². The molecular formula is C20H26BrNO3. The normalized spacial score (nSPS) is 22.8. The van der Waals surface area contributed by atoms with Crippen molar-refractivity contribution in [3.63, 3.8) is 0 Å². The fourth-order valence-electron chi connectivity index (χ4n) is 3.88. The van der Waals surface area contributed by atoms with Gasteiger partial charge in [0, 0.05) is 17.4 Å². The molecule has 1 saturated heterocycles. The van der Waals surface area contributed by atoms with E-state index in [1.165, 1.54) is 11.1 Å². The van der Waals surface area contributed by atoms with E-state index in [1.807, 2.05) is 20.8 Å². The van der Waals surface area contributed by atoms with Crippen LogP contribution in [0.4, 0.5) is 4.79 Å². The van der Waals surface area contributed by atoms with Gasteiger partial charge < -0.3 is 4.74 Å². The lowest BCUT2D eigenvalue weighted by molar-refractivity contribution is -0.124. The van der Waals surface area contributed by atoms with Crippen LogP contribution in [0.15, 0.2) is 22.7 Å². The fraction of sp³-hybridized carbons (Fsp3) is 0.600. The molecule has 1 aromatic carbocycles. The van der Waals surface area contributed by atoms with Crippen LogP contribution < -0.4 is 0 Å². The van der Waals surface area contributed by atoms with E-state index in [2.05, 4.69) is 34.1 Å². The molecule has 136 valence electrons. The summed E-state index contributed by atoms with van der Waals surface area (Å²) in [6, 6.07) is 6.05. The Labute approximate surface area is 158 Å². The summed E-state index contributed by atoms with van der Waals surface area (Å²) in [5.41, 5.74) is 2.15. The summed E-state index contributed by atoms with van der Waals surface area (Å²) in [4.78, 5) is 26.8. The molecule has 1 aliphatic heterocycles. The van der Waals surface area contributed by atoms with Crippen LogP contribution in [0, 0.1) is 5.92 Å². The van der Waals surface area contributed by atoms with Crippen molar-refractivity contribution in [3.05, 3.63) is 33.8 Å². The number of ether oxygens (including phenoxy) is 1. The number of rotatable bonds is 3. The minimum absolute atomic E-state index is 0.181. The van der Waals surface area contributed by atoms with Gasteiger partial charge in [-0.1, -0.05) is 22.0 Å². The van der Waals surface area contributed by atoms with Crippen LogP contribution in [-0.4, -0.2) is 35.0 Å². The summed E-state index contributed by atoms with van der Waals surface area (Å²) < 4.78 is 6.55. The fourth-order valence-corrected chi connectivity index (χ4v) is 4.29. The molecule has 5 heteroatoms. The molecule has 0 saturated carbocycles. The van der Waals surface area contributed by atoms with E-state index in [0.717, 1.165) is 30.2 Å². The van der Waals surface area contributed by atoms with Crippen LogP contribution in [-0.2, 0) is 22.4 Å². The van der Waals surface area contributed by atoms with Gasteiger partial charge in [-0.05, 0) is 75.6 Å². The maximum atomic E-state index is 12.8. The number of benzene rings is 1. The van der Waals surface area contributed by atoms with Crippen molar-refractivity contribution in [1.82, 2.24) is 4.90 Å². The summed E-state index contributed by atoms with van der Waals surface area (Å²) in [5.74, 6) is 0.526. The molecule has 0 bridgehead atoms. The maximum Gasteiger partial charge on any atom is 0.410 e. The number of amides is 1. The van der Waals surface area contributed by atoms with Gasteiger partial charge in [0.15, 0.2) is 5.78 Å². The van der Waals surface area contributed by atoms with Gasteiger partial charge in [-0.2, -0.15) is 0 Å². The second-order valence-corrected chi connectivity index (χ2v) is 9.11. The average molecular weight is 408 g/mol. The highest BCUT2D eigenvalue weighted by atomic mass is 79.9. The predicted molar refractivity (Wildman–Crippen MR) is 101 cm³/mol. The molecule has 1 fully saturated rings. The Balaban J connectivity index is 1.60. The third kappa shape index (κ3) is 4.43. The van der Waals surface area contributed by atoms with E-state index in [-0.39, 0.29) is 17.9 Å². The number of carbonyl (C=O) groups excluding carboxylic acids is 2. The molecule has 0 N–H and O–H groups in total. The smallest absolute Gasteiger partial charge is 0.410 e. The number of nitrogens with zero attached hydrogens (tertiary/aromatic N) is 1. The number of likely N-dealkylation sites (tertiary alicyclic amines) is 1. The quantitative estimate of drug-likeness (QED) is 0.739. The molecule has 1 heterocycles. The molecule has 1 aliphatic carbocycles. The van der Waals surface area contributed by atoms with Crippen molar-refractivity contribution < 1.29 is 14.3 Å². The zero-order valence-corrected chi connectivity index (χ0v) is 16.8. The summed E-state index contributed by atoms with van der Waals surface area (Å²) in [6.45, 7) is 6.17. The molecule has 1 aromatic rings. The van der Waals surface area contributed by atoms with Crippen LogP contribution in [0.3, 0.4) is 0 Å². The third-order valence-corrected chi connectivity index (χ3v) is 5.42. The highest BCUT2D eigenvalue weighted by molar-refractivity contribution is 9.10. The molecule has 2 atom stereocenters. The monoisotopic (exact) mass is 407 g/mol. The number of Topliss-reactive ketones (excluding diaryl/α,β-unsaturated/α-hetero) is 1. The zero-order chi connectivity index (χ0) is 18.2. The minimum Gasteiger partial charge on any atom is -0.444 e. The van der Waals surface area contributed by atoms with Crippen molar-refractivity contribution in [2.24, 2.45) is 5.92 Å². The van der Waals surface area contributed by atoms with E-state index in [4.69, 9.17) is 4.74 Å². The van der Waals surface area contributed by atoms with Gasteiger partial charge in [-0.15, -0.1) is 0 Å². The second kappa shape index (κ2) is 7.10. The molecule has 2 aliphatic rings. The molecule has 0 spiro atoms. The molecule has 4 nitrogen and oxygen atoms in total. The number of fused-ring (bicyclic) bond motifs is 1. The first kappa shape index (κ1) is 18.4. The SMILES string of the molecule is CC(C)(C)OC(=O)N1CCCC1C(=O)CC1Cc2ccc(Br)cc2C1. The molecule has 0 aromatic heterocycles. The number of hydrogen-bond acceptors (Lipinski definition) is 3. The lowest BCUT2D eigenvalue weighted by Gasteiger charge is -2.28. The zero-order valence-electron chi connectivity index (χ0n) is 15.2. The molecule has 3 rings (SSSR count). The van der Waals surface area contributed by atoms with E-state index in [9.17, 15) is 9.59 Å². The lowest BCUT2D eigenvalue weighted by atomic mass is 9.95. The second-order valence-electron chi connectivity index (χ2n) is 8.19. The van der Waals surface area contributed by atoms with Crippen molar-refractivity contribution in [1.29, 1.82) is 0 Å².